The minimum Gasteiger partial charge on any atom is -0.348 e. The van der Waals surface area contributed by atoms with Crippen LogP contribution in [0.25, 0.3) is 5.69 Å². The Labute approximate surface area is 139 Å². The Morgan fingerprint density at radius 1 is 1.33 bits per heavy atom. The van der Waals surface area contributed by atoms with Crippen molar-refractivity contribution in [1.82, 2.24) is 25.7 Å². The number of rotatable bonds is 4. The summed E-state index contributed by atoms with van der Waals surface area (Å²) < 4.78 is 1.76. The predicted octanol–water partition coefficient (Wildman–Crippen LogP) is 1.46. The zero-order valence-corrected chi connectivity index (χ0v) is 13.5. The Morgan fingerprint density at radius 3 is 2.83 bits per heavy atom. The van der Waals surface area contributed by atoms with Crippen LogP contribution in [0.5, 0.6) is 0 Å². The summed E-state index contributed by atoms with van der Waals surface area (Å²) in [5.74, 6) is -0.206. The normalized spacial score (nSPS) is 17.2. The van der Waals surface area contributed by atoms with Gasteiger partial charge in [0, 0.05) is 24.6 Å². The van der Waals surface area contributed by atoms with Gasteiger partial charge in [-0.3, -0.25) is 4.79 Å². The Hall–Kier alpha value is -3.09. The molecule has 2 heterocycles. The van der Waals surface area contributed by atoms with Gasteiger partial charge in [-0.25, -0.2) is 9.48 Å². The number of allylic oxidation sites excluding steroid dienone is 1. The van der Waals surface area contributed by atoms with E-state index in [1.54, 1.807) is 24.7 Å². The van der Waals surface area contributed by atoms with Gasteiger partial charge in [0.1, 0.15) is 0 Å². The van der Waals surface area contributed by atoms with Crippen LogP contribution < -0.4 is 16.0 Å². The van der Waals surface area contributed by atoms with E-state index in [-0.39, 0.29) is 18.0 Å². The molecule has 1 atom stereocenters. The van der Waals surface area contributed by atoms with Crippen LogP contribution in [-0.4, -0.2) is 27.8 Å². The monoisotopic (exact) mass is 325 g/mol. The molecule has 0 spiro atoms. The molecule has 3 N–H and O–H groups in total. The molecular weight excluding hydrogens is 306 g/mol. The van der Waals surface area contributed by atoms with Gasteiger partial charge in [-0.1, -0.05) is 18.2 Å². The van der Waals surface area contributed by atoms with E-state index in [0.717, 1.165) is 11.3 Å². The topological polar surface area (TPSA) is 88.1 Å². The second-order valence-electron chi connectivity index (χ2n) is 5.62. The Balaban J connectivity index is 1.76. The van der Waals surface area contributed by atoms with Crippen molar-refractivity contribution in [3.63, 3.8) is 0 Å². The molecule has 1 aliphatic rings. The number of hydrogen-bond acceptors (Lipinski definition) is 3. The lowest BCUT2D eigenvalue weighted by molar-refractivity contribution is -0.118. The van der Waals surface area contributed by atoms with E-state index < -0.39 is 0 Å². The Morgan fingerprint density at radius 2 is 2.12 bits per heavy atom. The summed E-state index contributed by atoms with van der Waals surface area (Å²) in [4.78, 5) is 23.9. The zero-order chi connectivity index (χ0) is 17.1. The minimum absolute atomic E-state index is 0.206. The third kappa shape index (κ3) is 3.15. The molecule has 0 saturated carbocycles. The molecule has 124 valence electrons. The maximum absolute atomic E-state index is 12.5. The summed E-state index contributed by atoms with van der Waals surface area (Å²) in [7, 11) is 0. The highest BCUT2D eigenvalue weighted by atomic mass is 16.2. The quantitative estimate of drug-likeness (QED) is 0.795. The molecule has 0 unspecified atom stereocenters. The second-order valence-corrected chi connectivity index (χ2v) is 5.62. The van der Waals surface area contributed by atoms with E-state index in [9.17, 15) is 9.59 Å². The molecule has 1 aromatic carbocycles. The van der Waals surface area contributed by atoms with Gasteiger partial charge in [0.2, 0.25) is 0 Å². The zero-order valence-electron chi connectivity index (χ0n) is 13.5. The van der Waals surface area contributed by atoms with Crippen molar-refractivity contribution in [3.05, 3.63) is 59.6 Å². The van der Waals surface area contributed by atoms with Crippen molar-refractivity contribution < 1.29 is 9.59 Å². The minimum atomic E-state index is -0.333. The summed E-state index contributed by atoms with van der Waals surface area (Å²) in [6.07, 6.45) is 3.57. The van der Waals surface area contributed by atoms with Crippen LogP contribution in [0.15, 0.2) is 54.0 Å². The Bertz CT molecular complexity index is 795. The largest absolute Gasteiger partial charge is 0.348 e. The number of nitrogens with one attached hydrogen (secondary N) is 3. The maximum atomic E-state index is 12.5. The summed E-state index contributed by atoms with van der Waals surface area (Å²) in [6, 6.07) is 8.97. The van der Waals surface area contributed by atoms with Crippen molar-refractivity contribution in [1.29, 1.82) is 0 Å². The molecule has 1 aliphatic heterocycles. The van der Waals surface area contributed by atoms with Gasteiger partial charge in [-0.05, 0) is 31.5 Å². The van der Waals surface area contributed by atoms with Crippen LogP contribution in [0.2, 0.25) is 0 Å². The molecule has 0 radical (unpaired) electrons. The van der Waals surface area contributed by atoms with Gasteiger partial charge >= 0.3 is 6.03 Å². The average molecular weight is 325 g/mol. The third-order valence-electron chi connectivity index (χ3n) is 3.91. The molecule has 2 aromatic rings. The summed E-state index contributed by atoms with van der Waals surface area (Å²) in [6.45, 7) is 3.88. The van der Waals surface area contributed by atoms with Crippen LogP contribution in [0.3, 0.4) is 0 Å². The van der Waals surface area contributed by atoms with E-state index in [1.807, 2.05) is 36.5 Å². The predicted molar refractivity (Wildman–Crippen MR) is 89.2 cm³/mol. The molecular formula is C17H19N5O2. The number of carbonyl (C=O) groups is 2. The summed E-state index contributed by atoms with van der Waals surface area (Å²) in [5.41, 5.74) is 2.97. The van der Waals surface area contributed by atoms with Crippen LogP contribution in [0.1, 0.15) is 19.4 Å². The van der Waals surface area contributed by atoms with Gasteiger partial charge < -0.3 is 16.0 Å². The number of hydrogen-bond donors (Lipinski definition) is 3. The first-order valence-corrected chi connectivity index (χ1v) is 7.70. The lowest BCUT2D eigenvalue weighted by Crippen LogP contribution is -2.50. The fourth-order valence-corrected chi connectivity index (χ4v) is 2.80. The first-order chi connectivity index (χ1) is 11.6. The van der Waals surface area contributed by atoms with E-state index in [2.05, 4.69) is 21.0 Å². The van der Waals surface area contributed by atoms with Gasteiger partial charge in [-0.15, -0.1) is 0 Å². The van der Waals surface area contributed by atoms with Crippen molar-refractivity contribution in [2.45, 2.75) is 26.4 Å². The van der Waals surface area contributed by atoms with E-state index in [0.29, 0.717) is 17.8 Å². The van der Waals surface area contributed by atoms with Crippen LogP contribution >= 0.6 is 0 Å². The maximum Gasteiger partial charge on any atom is 0.319 e. The average Bonchev–Trinajstić information content (AvgIpc) is 3.06. The van der Waals surface area contributed by atoms with Gasteiger partial charge in [0.05, 0.1) is 17.3 Å². The molecule has 7 nitrogen and oxygen atoms in total. The molecule has 3 rings (SSSR count). The number of amides is 3. The van der Waals surface area contributed by atoms with E-state index >= 15 is 0 Å². The van der Waals surface area contributed by atoms with E-state index in [4.69, 9.17) is 0 Å². The SMILES string of the molecule is CC1=C(C(=O)NCc2ccccc2-n2cccn2)[C@@H](C)NC(=O)N1. The van der Waals surface area contributed by atoms with E-state index in [1.165, 1.54) is 0 Å². The molecule has 3 amide bonds. The molecule has 0 bridgehead atoms. The van der Waals surface area contributed by atoms with Crippen molar-refractivity contribution >= 4 is 11.9 Å². The second kappa shape index (κ2) is 6.57. The summed E-state index contributed by atoms with van der Waals surface area (Å²) >= 11 is 0. The first kappa shape index (κ1) is 15.8. The number of aromatic nitrogens is 2. The highest BCUT2D eigenvalue weighted by Crippen LogP contribution is 2.15. The summed E-state index contributed by atoms with van der Waals surface area (Å²) in [5, 5.41) is 12.5. The first-order valence-electron chi connectivity index (χ1n) is 7.70. The van der Waals surface area contributed by atoms with Crippen LogP contribution in [0, 0.1) is 0 Å². The molecule has 1 aromatic heterocycles. The highest BCUT2D eigenvalue weighted by Gasteiger charge is 2.26. The number of carbonyl (C=O) groups excluding carboxylic acids is 2. The van der Waals surface area contributed by atoms with Gasteiger partial charge in [-0.2, -0.15) is 5.10 Å². The number of urea groups is 1. The molecule has 24 heavy (non-hydrogen) atoms. The highest BCUT2D eigenvalue weighted by molar-refractivity contribution is 5.98. The third-order valence-corrected chi connectivity index (χ3v) is 3.91. The lowest BCUT2D eigenvalue weighted by atomic mass is 10.0. The van der Waals surface area contributed by atoms with Crippen molar-refractivity contribution in [3.8, 4) is 5.69 Å². The number of nitrogens with zero attached hydrogens (tertiary/aromatic N) is 2. The molecule has 0 saturated heterocycles. The number of para-hydroxylation sites is 1. The standard InChI is InChI=1S/C17H19N5O2/c1-11-15(12(2)21-17(24)20-11)16(23)18-10-13-6-3-4-7-14(13)22-9-5-8-19-22/h3-9,11H,10H2,1-2H3,(H,18,23)(H2,20,21,24)/t11-/m1/s1. The van der Waals surface area contributed by atoms with Gasteiger partial charge in [0.15, 0.2) is 0 Å². The fraction of sp³-hybridized carbons (Fsp3) is 0.235. The molecule has 0 aliphatic carbocycles. The lowest BCUT2D eigenvalue weighted by Gasteiger charge is -2.25. The van der Waals surface area contributed by atoms with Gasteiger partial charge in [0.25, 0.3) is 5.91 Å². The molecule has 7 heteroatoms. The molecule has 0 fully saturated rings. The number of benzene rings is 1. The van der Waals surface area contributed by atoms with Crippen molar-refractivity contribution in [2.24, 2.45) is 0 Å². The van der Waals surface area contributed by atoms with Crippen LogP contribution in [-0.2, 0) is 11.3 Å². The Kier molecular flexibility index (Phi) is 4.33. The smallest absolute Gasteiger partial charge is 0.319 e. The van der Waals surface area contributed by atoms with Crippen molar-refractivity contribution in [2.75, 3.05) is 0 Å². The fourth-order valence-electron chi connectivity index (χ4n) is 2.80. The van der Waals surface area contributed by atoms with Crippen LogP contribution in [0.4, 0.5) is 4.79 Å².